The Kier molecular flexibility index (Phi) is 4.79. The maximum absolute atomic E-state index is 10.6. The molecule has 0 saturated carbocycles. The monoisotopic (exact) mass is 124 g/mol. The van der Waals surface area contributed by atoms with Crippen LogP contribution in [-0.2, 0) is 4.79 Å². The smallest absolute Gasteiger partial charge is 0.177 e. The van der Waals surface area contributed by atoms with Crippen molar-refractivity contribution in [2.24, 2.45) is 0 Å². The molecule has 0 atom stereocenters. The molecule has 0 N–H and O–H groups in total. The highest BCUT2D eigenvalue weighted by Gasteiger charge is 1.82. The minimum atomic E-state index is 0.0688. The highest BCUT2D eigenvalue weighted by Crippen LogP contribution is 1.83. The van der Waals surface area contributed by atoms with Crippen molar-refractivity contribution < 1.29 is 4.79 Å². The second-order valence-electron chi connectivity index (χ2n) is 1.71. The zero-order chi connectivity index (χ0) is 7.11. The summed E-state index contributed by atoms with van der Waals surface area (Å²) in [5.74, 6) is 0.0688. The molecule has 0 aliphatic heterocycles. The number of allylic oxidation sites excluding steroid dienone is 4. The van der Waals surface area contributed by atoms with Gasteiger partial charge in [-0.25, -0.2) is 0 Å². The average molecular weight is 124 g/mol. The molecule has 0 bridgehead atoms. The fraction of sp³-hybridized carbons (Fsp3) is 0.375. The van der Waals surface area contributed by atoms with Crippen molar-refractivity contribution in [3.05, 3.63) is 24.3 Å². The molecule has 0 amide bonds. The Hall–Kier alpha value is -0.850. The van der Waals surface area contributed by atoms with Gasteiger partial charge in [0.05, 0.1) is 0 Å². The van der Waals surface area contributed by atoms with Crippen LogP contribution in [0.25, 0.3) is 0 Å². The Labute approximate surface area is 56.1 Å². The van der Waals surface area contributed by atoms with Crippen molar-refractivity contribution in [2.75, 3.05) is 0 Å². The second-order valence-corrected chi connectivity index (χ2v) is 1.71. The average Bonchev–Trinajstić information content (AvgIpc) is 1.85. The summed E-state index contributed by atoms with van der Waals surface area (Å²) >= 11 is 0. The van der Waals surface area contributed by atoms with Crippen molar-refractivity contribution in [1.29, 1.82) is 0 Å². The lowest BCUT2D eigenvalue weighted by molar-refractivity contribution is -0.110. The van der Waals surface area contributed by atoms with Crippen LogP contribution in [-0.4, -0.2) is 5.78 Å². The standard InChI is InChI=1S/C8H12O/c1-3-5-7-8(9)6-4-2/h4-7H,3H2,1-2H3/b6-4?,7-5+. The van der Waals surface area contributed by atoms with Crippen LogP contribution in [0.4, 0.5) is 0 Å². The number of hydrogen-bond donors (Lipinski definition) is 0. The van der Waals surface area contributed by atoms with Crippen LogP contribution in [0.1, 0.15) is 20.3 Å². The van der Waals surface area contributed by atoms with E-state index in [0.717, 1.165) is 6.42 Å². The van der Waals surface area contributed by atoms with Gasteiger partial charge in [0.1, 0.15) is 0 Å². The van der Waals surface area contributed by atoms with Crippen LogP contribution in [0.3, 0.4) is 0 Å². The molecule has 0 fully saturated rings. The van der Waals surface area contributed by atoms with Crippen LogP contribution in [0.15, 0.2) is 24.3 Å². The Balaban J connectivity index is 3.63. The summed E-state index contributed by atoms with van der Waals surface area (Å²) < 4.78 is 0. The minimum absolute atomic E-state index is 0.0688. The van der Waals surface area contributed by atoms with Gasteiger partial charge in [-0.3, -0.25) is 4.79 Å². The summed E-state index contributed by atoms with van der Waals surface area (Å²) in [6, 6.07) is 0. The van der Waals surface area contributed by atoms with Gasteiger partial charge in [-0.1, -0.05) is 19.1 Å². The largest absolute Gasteiger partial charge is 0.290 e. The van der Waals surface area contributed by atoms with Gasteiger partial charge >= 0.3 is 0 Å². The molecule has 0 aromatic rings. The first kappa shape index (κ1) is 8.15. The van der Waals surface area contributed by atoms with Gasteiger partial charge in [0.15, 0.2) is 5.78 Å². The van der Waals surface area contributed by atoms with Gasteiger partial charge in [0, 0.05) is 0 Å². The van der Waals surface area contributed by atoms with Gasteiger partial charge < -0.3 is 0 Å². The molecule has 1 heteroatoms. The third-order valence-electron chi connectivity index (χ3n) is 0.849. The fourth-order valence-corrected chi connectivity index (χ4v) is 0.454. The first-order valence-electron chi connectivity index (χ1n) is 3.14. The SMILES string of the molecule is CC=CC(=O)/C=C/CC. The molecule has 0 heterocycles. The maximum Gasteiger partial charge on any atom is 0.177 e. The maximum atomic E-state index is 10.6. The lowest BCUT2D eigenvalue weighted by Crippen LogP contribution is -1.82. The van der Waals surface area contributed by atoms with Crippen molar-refractivity contribution in [2.45, 2.75) is 20.3 Å². The van der Waals surface area contributed by atoms with Crippen molar-refractivity contribution >= 4 is 5.78 Å². The topological polar surface area (TPSA) is 17.1 Å². The zero-order valence-electron chi connectivity index (χ0n) is 5.92. The molecular formula is C8H12O. The lowest BCUT2D eigenvalue weighted by atomic mass is 10.3. The summed E-state index contributed by atoms with van der Waals surface area (Å²) in [4.78, 5) is 10.6. The van der Waals surface area contributed by atoms with Crippen LogP contribution in [0.2, 0.25) is 0 Å². The number of carbonyl (C=O) groups excluding carboxylic acids is 1. The fourth-order valence-electron chi connectivity index (χ4n) is 0.454. The van der Waals surface area contributed by atoms with Gasteiger partial charge in [-0.2, -0.15) is 0 Å². The molecule has 0 unspecified atom stereocenters. The minimum Gasteiger partial charge on any atom is -0.290 e. The molecular weight excluding hydrogens is 112 g/mol. The van der Waals surface area contributed by atoms with Crippen LogP contribution in [0.5, 0.6) is 0 Å². The van der Waals surface area contributed by atoms with E-state index in [-0.39, 0.29) is 5.78 Å². The van der Waals surface area contributed by atoms with Gasteiger partial charge in [0.2, 0.25) is 0 Å². The summed E-state index contributed by atoms with van der Waals surface area (Å²) in [6.07, 6.45) is 7.64. The molecule has 0 spiro atoms. The first-order chi connectivity index (χ1) is 4.31. The van der Waals surface area contributed by atoms with E-state index < -0.39 is 0 Å². The summed E-state index contributed by atoms with van der Waals surface area (Å²) in [7, 11) is 0. The van der Waals surface area contributed by atoms with Gasteiger partial charge in [0.25, 0.3) is 0 Å². The number of hydrogen-bond acceptors (Lipinski definition) is 1. The van der Waals surface area contributed by atoms with Crippen LogP contribution in [0, 0.1) is 0 Å². The molecule has 0 aliphatic rings. The van der Waals surface area contributed by atoms with E-state index in [1.165, 1.54) is 0 Å². The normalized spacial score (nSPS) is 11.3. The second kappa shape index (κ2) is 5.29. The molecule has 0 aliphatic carbocycles. The molecule has 0 radical (unpaired) electrons. The Morgan fingerprint density at radius 1 is 1.44 bits per heavy atom. The number of ketones is 1. The van der Waals surface area contributed by atoms with Crippen molar-refractivity contribution in [3.8, 4) is 0 Å². The third kappa shape index (κ3) is 5.01. The van der Waals surface area contributed by atoms with E-state index in [2.05, 4.69) is 0 Å². The first-order valence-corrected chi connectivity index (χ1v) is 3.14. The molecule has 0 aromatic heterocycles. The predicted octanol–water partition coefficient (Wildman–Crippen LogP) is 2.10. The highest BCUT2D eigenvalue weighted by atomic mass is 16.1. The molecule has 9 heavy (non-hydrogen) atoms. The zero-order valence-corrected chi connectivity index (χ0v) is 5.92. The highest BCUT2D eigenvalue weighted by molar-refractivity contribution is 5.98. The van der Waals surface area contributed by atoms with E-state index >= 15 is 0 Å². The third-order valence-corrected chi connectivity index (χ3v) is 0.849. The van der Waals surface area contributed by atoms with E-state index in [0.29, 0.717) is 0 Å². The summed E-state index contributed by atoms with van der Waals surface area (Å²) in [5.41, 5.74) is 0. The predicted molar refractivity (Wildman–Crippen MR) is 39.3 cm³/mol. The quantitative estimate of drug-likeness (QED) is 0.526. The Morgan fingerprint density at radius 3 is 2.56 bits per heavy atom. The van der Waals surface area contributed by atoms with E-state index in [9.17, 15) is 4.79 Å². The molecule has 0 rings (SSSR count). The van der Waals surface area contributed by atoms with Crippen LogP contribution < -0.4 is 0 Å². The Morgan fingerprint density at radius 2 is 2.11 bits per heavy atom. The molecule has 1 nitrogen and oxygen atoms in total. The Bertz CT molecular complexity index is 132. The van der Waals surface area contributed by atoms with E-state index in [1.807, 2.05) is 19.9 Å². The van der Waals surface area contributed by atoms with E-state index in [1.54, 1.807) is 18.2 Å². The van der Waals surface area contributed by atoms with Crippen LogP contribution >= 0.6 is 0 Å². The molecule has 50 valence electrons. The van der Waals surface area contributed by atoms with Crippen molar-refractivity contribution in [3.63, 3.8) is 0 Å². The van der Waals surface area contributed by atoms with E-state index in [4.69, 9.17) is 0 Å². The van der Waals surface area contributed by atoms with Gasteiger partial charge in [-0.15, -0.1) is 0 Å². The molecule has 0 saturated heterocycles. The lowest BCUT2D eigenvalue weighted by Gasteiger charge is -1.78. The van der Waals surface area contributed by atoms with Crippen molar-refractivity contribution in [1.82, 2.24) is 0 Å². The summed E-state index contributed by atoms with van der Waals surface area (Å²) in [6.45, 7) is 3.83. The number of rotatable bonds is 3. The molecule has 0 aromatic carbocycles. The van der Waals surface area contributed by atoms with Gasteiger partial charge in [-0.05, 0) is 25.5 Å². The number of carbonyl (C=O) groups is 1. The summed E-state index contributed by atoms with van der Waals surface area (Å²) in [5, 5.41) is 0.